The molecule has 2 aromatic heterocycles. The number of imidazole rings is 1. The van der Waals surface area contributed by atoms with Crippen LogP contribution in [0.25, 0.3) is 11.2 Å². The maximum atomic E-state index is 13.0. The summed E-state index contributed by atoms with van der Waals surface area (Å²) in [5.41, 5.74) is 1.83. The average Bonchev–Trinajstić information content (AvgIpc) is 3.68. The van der Waals surface area contributed by atoms with Gasteiger partial charge >= 0.3 is 0 Å². The summed E-state index contributed by atoms with van der Waals surface area (Å²) in [6.07, 6.45) is -1.48. The molecule has 0 radical (unpaired) electrons. The van der Waals surface area contributed by atoms with Crippen LogP contribution in [-0.4, -0.2) is 73.4 Å². The van der Waals surface area contributed by atoms with Crippen LogP contribution >= 0.6 is 0 Å². The Bertz CT molecular complexity index is 1520. The Hall–Kier alpha value is -3.90. The number of aliphatic imine (C=N–C) groups is 1. The molecule has 0 bridgehead atoms. The van der Waals surface area contributed by atoms with Gasteiger partial charge in [-0.1, -0.05) is 60.7 Å². The van der Waals surface area contributed by atoms with Gasteiger partial charge in [-0.3, -0.25) is 14.3 Å². The SMILES string of the molecule is CCN(CC)/C(=N\c1nc2c(ncn2[C@@H]2O[C@H](CO)[C@H]3OC(c4ccccc4)O[C@H]32)c(=O)[nH]1)c1ccccc1. The number of hydrogen-bond acceptors (Lipinski definition) is 8. The van der Waals surface area contributed by atoms with E-state index >= 15 is 0 Å². The number of aromatic nitrogens is 4. The van der Waals surface area contributed by atoms with Gasteiger partial charge in [-0.15, -0.1) is 0 Å². The molecular weight excluding hydrogens is 500 g/mol. The van der Waals surface area contributed by atoms with Crippen LogP contribution < -0.4 is 5.56 Å². The van der Waals surface area contributed by atoms with E-state index in [4.69, 9.17) is 24.2 Å². The normalized spacial score (nSPS) is 24.8. The van der Waals surface area contributed by atoms with Gasteiger partial charge in [0.15, 0.2) is 23.7 Å². The van der Waals surface area contributed by atoms with E-state index in [0.717, 1.165) is 24.2 Å². The first kappa shape index (κ1) is 25.4. The molecule has 1 unspecified atom stereocenters. The number of benzene rings is 2. The Balaban J connectivity index is 1.39. The molecule has 39 heavy (non-hydrogen) atoms. The van der Waals surface area contributed by atoms with E-state index in [9.17, 15) is 9.90 Å². The van der Waals surface area contributed by atoms with Crippen molar-refractivity contribution < 1.29 is 19.3 Å². The number of hydrogen-bond donors (Lipinski definition) is 2. The predicted octanol–water partition coefficient (Wildman–Crippen LogP) is 2.91. The van der Waals surface area contributed by atoms with Crippen molar-refractivity contribution in [2.45, 2.75) is 44.7 Å². The Morgan fingerprint density at radius 1 is 1.03 bits per heavy atom. The molecule has 11 nitrogen and oxygen atoms in total. The summed E-state index contributed by atoms with van der Waals surface area (Å²) in [4.78, 5) is 31.7. The molecule has 5 atom stereocenters. The maximum Gasteiger partial charge on any atom is 0.280 e. The number of amidine groups is 1. The van der Waals surface area contributed by atoms with E-state index in [2.05, 4.69) is 14.9 Å². The summed E-state index contributed by atoms with van der Waals surface area (Å²) < 4.78 is 20.2. The number of aromatic amines is 1. The molecule has 2 aliphatic heterocycles. The lowest BCUT2D eigenvalue weighted by Crippen LogP contribution is -2.31. The molecule has 11 heteroatoms. The van der Waals surface area contributed by atoms with Crippen molar-refractivity contribution in [3.8, 4) is 0 Å². The molecule has 0 spiro atoms. The Kier molecular flexibility index (Phi) is 6.96. The van der Waals surface area contributed by atoms with E-state index in [0.29, 0.717) is 11.5 Å². The molecule has 6 rings (SSSR count). The zero-order chi connectivity index (χ0) is 26.9. The highest BCUT2D eigenvalue weighted by molar-refractivity contribution is 6.00. The van der Waals surface area contributed by atoms with Crippen LogP contribution in [0.1, 0.15) is 37.5 Å². The minimum Gasteiger partial charge on any atom is -0.394 e. The number of rotatable bonds is 7. The molecule has 2 saturated heterocycles. The Morgan fingerprint density at radius 2 is 1.72 bits per heavy atom. The molecule has 2 fully saturated rings. The minimum atomic E-state index is -0.714. The molecule has 2 aromatic carbocycles. The second-order valence-corrected chi connectivity index (χ2v) is 9.38. The van der Waals surface area contributed by atoms with Crippen LogP contribution in [0.5, 0.6) is 0 Å². The van der Waals surface area contributed by atoms with Gasteiger partial charge in [-0.25, -0.2) is 4.98 Å². The fourth-order valence-corrected chi connectivity index (χ4v) is 5.16. The van der Waals surface area contributed by atoms with E-state index < -0.39 is 36.4 Å². The number of H-pyrrole nitrogens is 1. The average molecular weight is 531 g/mol. The summed E-state index contributed by atoms with van der Waals surface area (Å²) in [7, 11) is 0. The zero-order valence-corrected chi connectivity index (χ0v) is 21.7. The third-order valence-electron chi connectivity index (χ3n) is 7.10. The van der Waals surface area contributed by atoms with Gasteiger partial charge in [-0.05, 0) is 13.8 Å². The molecule has 0 saturated carbocycles. The lowest BCUT2D eigenvalue weighted by molar-refractivity contribution is -0.153. The maximum absolute atomic E-state index is 13.0. The molecule has 202 valence electrons. The van der Waals surface area contributed by atoms with Crippen LogP contribution in [0.2, 0.25) is 0 Å². The number of fused-ring (bicyclic) bond motifs is 2. The van der Waals surface area contributed by atoms with Crippen LogP contribution in [-0.2, 0) is 14.2 Å². The summed E-state index contributed by atoms with van der Waals surface area (Å²) in [6.45, 7) is 5.32. The van der Waals surface area contributed by atoms with Gasteiger partial charge in [0, 0.05) is 24.2 Å². The first-order valence-electron chi connectivity index (χ1n) is 13.1. The number of nitrogens with one attached hydrogen (secondary N) is 1. The molecule has 0 amide bonds. The van der Waals surface area contributed by atoms with Crippen molar-refractivity contribution in [1.29, 1.82) is 0 Å². The zero-order valence-electron chi connectivity index (χ0n) is 21.7. The van der Waals surface area contributed by atoms with Gasteiger partial charge in [-0.2, -0.15) is 9.98 Å². The van der Waals surface area contributed by atoms with Crippen molar-refractivity contribution in [2.75, 3.05) is 19.7 Å². The van der Waals surface area contributed by atoms with Gasteiger partial charge < -0.3 is 24.2 Å². The van der Waals surface area contributed by atoms with Crippen molar-refractivity contribution in [3.05, 3.63) is 88.5 Å². The Morgan fingerprint density at radius 3 is 2.41 bits per heavy atom. The lowest BCUT2D eigenvalue weighted by atomic mass is 10.1. The van der Waals surface area contributed by atoms with Crippen LogP contribution in [0, 0.1) is 0 Å². The largest absolute Gasteiger partial charge is 0.394 e. The number of aliphatic hydroxyl groups is 1. The minimum absolute atomic E-state index is 0.152. The second kappa shape index (κ2) is 10.7. The van der Waals surface area contributed by atoms with E-state index in [1.807, 2.05) is 74.5 Å². The molecular formula is C28H30N6O5. The van der Waals surface area contributed by atoms with Crippen LogP contribution in [0.3, 0.4) is 0 Å². The Labute approximate surface area is 224 Å². The third kappa shape index (κ3) is 4.63. The standard InChI is InChI=1S/C28H30N6O5/c1-3-33(4-2)23(17-11-7-5-8-12-17)30-28-31-24-20(25(36)32-28)29-16-34(24)26-22-21(19(15-35)37-26)38-27(39-22)18-13-9-6-10-14-18/h5-14,16,19,21-22,26-27,35H,3-4,15H2,1-2H3,(H,31,32,36)/b30-23-/t19-,21-,22-,26-,27?/m1/s1. The van der Waals surface area contributed by atoms with Gasteiger partial charge in [0.05, 0.1) is 12.9 Å². The fourth-order valence-electron chi connectivity index (χ4n) is 5.16. The van der Waals surface area contributed by atoms with E-state index in [1.54, 1.807) is 4.57 Å². The topological polar surface area (TPSA) is 127 Å². The number of nitrogens with zero attached hydrogens (tertiary/aromatic N) is 5. The highest BCUT2D eigenvalue weighted by atomic mass is 16.8. The van der Waals surface area contributed by atoms with Crippen molar-refractivity contribution in [2.24, 2.45) is 4.99 Å². The first-order valence-corrected chi connectivity index (χ1v) is 13.1. The van der Waals surface area contributed by atoms with Crippen molar-refractivity contribution in [3.63, 3.8) is 0 Å². The summed E-state index contributed by atoms with van der Waals surface area (Å²) in [5, 5.41) is 10.0. The highest BCUT2D eigenvalue weighted by Crippen LogP contribution is 2.44. The third-order valence-corrected chi connectivity index (χ3v) is 7.10. The molecule has 2 aliphatic rings. The smallest absolute Gasteiger partial charge is 0.280 e. The summed E-state index contributed by atoms with van der Waals surface area (Å²) in [6, 6.07) is 19.4. The number of aliphatic hydroxyl groups excluding tert-OH is 1. The van der Waals surface area contributed by atoms with E-state index in [1.165, 1.54) is 6.33 Å². The number of ether oxygens (including phenoxy) is 3. The summed E-state index contributed by atoms with van der Waals surface area (Å²) >= 11 is 0. The second-order valence-electron chi connectivity index (χ2n) is 9.38. The van der Waals surface area contributed by atoms with Gasteiger partial charge in [0.25, 0.3) is 5.56 Å². The van der Waals surface area contributed by atoms with Gasteiger partial charge in [0.2, 0.25) is 5.95 Å². The monoisotopic (exact) mass is 530 g/mol. The predicted molar refractivity (Wildman–Crippen MR) is 144 cm³/mol. The highest BCUT2D eigenvalue weighted by Gasteiger charge is 2.53. The molecule has 2 N–H and O–H groups in total. The molecule has 4 heterocycles. The van der Waals surface area contributed by atoms with Crippen LogP contribution in [0.15, 0.2) is 76.8 Å². The van der Waals surface area contributed by atoms with Crippen LogP contribution in [0.4, 0.5) is 5.95 Å². The quantitative estimate of drug-likeness (QED) is 0.276. The van der Waals surface area contributed by atoms with Crippen molar-refractivity contribution in [1.82, 2.24) is 24.4 Å². The fraction of sp³-hybridized carbons (Fsp3) is 0.357. The first-order chi connectivity index (χ1) is 19.1. The van der Waals surface area contributed by atoms with Crippen molar-refractivity contribution >= 4 is 22.9 Å². The summed E-state index contributed by atoms with van der Waals surface area (Å²) in [5.74, 6) is 0.851. The molecule has 4 aromatic rings. The lowest BCUT2D eigenvalue weighted by Gasteiger charge is -2.23. The van der Waals surface area contributed by atoms with Gasteiger partial charge in [0.1, 0.15) is 24.1 Å². The molecule has 0 aliphatic carbocycles. The van der Waals surface area contributed by atoms with E-state index in [-0.39, 0.29) is 18.1 Å².